The van der Waals surface area contributed by atoms with Crippen molar-refractivity contribution in [3.05, 3.63) is 69.7 Å². The molecule has 0 aliphatic heterocycles. The standard InChI is InChI=1S/C17H16BrNO3/c1-12-5-2-3-6-14(12)11-22-16(20)10-19-17(21)13-7-4-8-15(18)9-13/h2-9H,10-11H2,1H3,(H,19,21). The number of benzene rings is 2. The van der Waals surface area contributed by atoms with Gasteiger partial charge in [-0.25, -0.2) is 0 Å². The molecule has 114 valence electrons. The van der Waals surface area contributed by atoms with E-state index in [1.165, 1.54) is 0 Å². The Bertz CT molecular complexity index is 685. The smallest absolute Gasteiger partial charge is 0.325 e. The van der Waals surface area contributed by atoms with Crippen molar-refractivity contribution in [1.29, 1.82) is 0 Å². The molecule has 0 aliphatic carbocycles. The number of ether oxygens (including phenoxy) is 1. The molecule has 0 atom stereocenters. The van der Waals surface area contributed by atoms with E-state index in [1.807, 2.05) is 37.3 Å². The summed E-state index contributed by atoms with van der Waals surface area (Å²) in [4.78, 5) is 23.6. The molecule has 5 heteroatoms. The normalized spacial score (nSPS) is 10.1. The molecule has 1 amide bonds. The summed E-state index contributed by atoms with van der Waals surface area (Å²) in [5.41, 5.74) is 2.50. The maximum atomic E-state index is 11.9. The maximum Gasteiger partial charge on any atom is 0.325 e. The summed E-state index contributed by atoms with van der Waals surface area (Å²) in [5.74, 6) is -0.777. The fourth-order valence-electron chi connectivity index (χ4n) is 1.87. The first-order valence-corrected chi connectivity index (χ1v) is 7.59. The molecule has 0 saturated carbocycles. The molecule has 2 rings (SSSR count). The highest BCUT2D eigenvalue weighted by molar-refractivity contribution is 9.10. The van der Waals surface area contributed by atoms with Crippen molar-refractivity contribution in [2.45, 2.75) is 13.5 Å². The van der Waals surface area contributed by atoms with E-state index < -0.39 is 5.97 Å². The number of esters is 1. The van der Waals surface area contributed by atoms with Gasteiger partial charge in [-0.05, 0) is 36.2 Å². The minimum absolute atomic E-state index is 0.156. The quantitative estimate of drug-likeness (QED) is 0.831. The first-order chi connectivity index (χ1) is 10.6. The van der Waals surface area contributed by atoms with Crippen LogP contribution in [0.3, 0.4) is 0 Å². The third-order valence-corrected chi connectivity index (χ3v) is 3.62. The molecule has 0 aromatic heterocycles. The van der Waals surface area contributed by atoms with Gasteiger partial charge in [0.2, 0.25) is 0 Å². The first kappa shape index (κ1) is 16.2. The van der Waals surface area contributed by atoms with E-state index in [4.69, 9.17) is 4.74 Å². The molecule has 0 heterocycles. The van der Waals surface area contributed by atoms with E-state index in [9.17, 15) is 9.59 Å². The van der Waals surface area contributed by atoms with Crippen molar-refractivity contribution < 1.29 is 14.3 Å². The first-order valence-electron chi connectivity index (χ1n) is 6.80. The number of amides is 1. The van der Waals surface area contributed by atoms with Gasteiger partial charge in [0.1, 0.15) is 13.2 Å². The molecule has 22 heavy (non-hydrogen) atoms. The molecule has 2 aromatic rings. The lowest BCUT2D eigenvalue weighted by Gasteiger charge is -2.08. The average Bonchev–Trinajstić information content (AvgIpc) is 2.52. The Morgan fingerprint density at radius 2 is 1.91 bits per heavy atom. The van der Waals surface area contributed by atoms with Crippen LogP contribution < -0.4 is 5.32 Å². The SMILES string of the molecule is Cc1ccccc1COC(=O)CNC(=O)c1cccc(Br)c1. The molecule has 0 bridgehead atoms. The molecule has 0 aliphatic rings. The molecule has 0 radical (unpaired) electrons. The van der Waals surface area contributed by atoms with Crippen molar-refractivity contribution in [1.82, 2.24) is 5.32 Å². The number of hydrogen-bond acceptors (Lipinski definition) is 3. The van der Waals surface area contributed by atoms with Gasteiger partial charge in [-0.15, -0.1) is 0 Å². The highest BCUT2D eigenvalue weighted by Gasteiger charge is 2.09. The van der Waals surface area contributed by atoms with Gasteiger partial charge in [-0.3, -0.25) is 9.59 Å². The van der Waals surface area contributed by atoms with Crippen LogP contribution in [0.4, 0.5) is 0 Å². The number of carbonyl (C=O) groups is 2. The summed E-state index contributed by atoms with van der Waals surface area (Å²) in [7, 11) is 0. The van der Waals surface area contributed by atoms with E-state index in [2.05, 4.69) is 21.2 Å². The number of carbonyl (C=O) groups excluding carboxylic acids is 2. The summed E-state index contributed by atoms with van der Waals surface area (Å²) in [5, 5.41) is 2.54. The molecule has 0 saturated heterocycles. The van der Waals surface area contributed by atoms with Crippen molar-refractivity contribution in [2.24, 2.45) is 0 Å². The van der Waals surface area contributed by atoms with E-state index in [-0.39, 0.29) is 19.1 Å². The van der Waals surface area contributed by atoms with Crippen molar-refractivity contribution in [3.63, 3.8) is 0 Å². The van der Waals surface area contributed by atoms with Gasteiger partial charge in [0.15, 0.2) is 0 Å². The van der Waals surface area contributed by atoms with Gasteiger partial charge in [0.05, 0.1) is 0 Å². The number of hydrogen-bond donors (Lipinski definition) is 1. The van der Waals surface area contributed by atoms with Crippen LogP contribution in [-0.2, 0) is 16.1 Å². The summed E-state index contributed by atoms with van der Waals surface area (Å²) in [6, 6.07) is 14.6. The monoisotopic (exact) mass is 361 g/mol. The second-order valence-corrected chi connectivity index (χ2v) is 5.70. The zero-order valence-corrected chi connectivity index (χ0v) is 13.7. The molecule has 0 spiro atoms. The average molecular weight is 362 g/mol. The minimum atomic E-state index is -0.466. The van der Waals surface area contributed by atoms with E-state index in [0.29, 0.717) is 5.56 Å². The van der Waals surface area contributed by atoms with Crippen molar-refractivity contribution in [3.8, 4) is 0 Å². The second-order valence-electron chi connectivity index (χ2n) is 4.78. The number of aryl methyl sites for hydroxylation is 1. The molecule has 0 fully saturated rings. The third-order valence-electron chi connectivity index (χ3n) is 3.13. The van der Waals surface area contributed by atoms with Crippen LogP contribution in [0.5, 0.6) is 0 Å². The Morgan fingerprint density at radius 1 is 1.14 bits per heavy atom. The molecular weight excluding hydrogens is 346 g/mol. The fourth-order valence-corrected chi connectivity index (χ4v) is 2.26. The summed E-state index contributed by atoms with van der Waals surface area (Å²) in [6.45, 7) is 2.01. The van der Waals surface area contributed by atoms with Crippen LogP contribution >= 0.6 is 15.9 Å². The second kappa shape index (κ2) is 7.75. The summed E-state index contributed by atoms with van der Waals surface area (Å²) in [6.07, 6.45) is 0. The van der Waals surface area contributed by atoms with Crippen LogP contribution in [0.2, 0.25) is 0 Å². The summed E-state index contributed by atoms with van der Waals surface area (Å²) >= 11 is 3.30. The molecule has 0 unspecified atom stereocenters. The van der Waals surface area contributed by atoms with Crippen LogP contribution in [0.25, 0.3) is 0 Å². The highest BCUT2D eigenvalue weighted by atomic mass is 79.9. The molecular formula is C17H16BrNO3. The molecule has 1 N–H and O–H groups in total. The summed E-state index contributed by atoms with van der Waals surface area (Å²) < 4.78 is 5.96. The van der Waals surface area contributed by atoms with Crippen LogP contribution in [-0.4, -0.2) is 18.4 Å². The van der Waals surface area contributed by atoms with Gasteiger partial charge in [0.25, 0.3) is 5.91 Å². The lowest BCUT2D eigenvalue weighted by atomic mass is 10.1. The topological polar surface area (TPSA) is 55.4 Å². The van der Waals surface area contributed by atoms with Gasteiger partial charge in [-0.1, -0.05) is 46.3 Å². The number of halogens is 1. The van der Waals surface area contributed by atoms with E-state index in [0.717, 1.165) is 15.6 Å². The van der Waals surface area contributed by atoms with Crippen molar-refractivity contribution in [2.75, 3.05) is 6.54 Å². The fraction of sp³-hybridized carbons (Fsp3) is 0.176. The lowest BCUT2D eigenvalue weighted by molar-refractivity contribution is -0.143. The zero-order valence-electron chi connectivity index (χ0n) is 12.1. The predicted molar refractivity (Wildman–Crippen MR) is 87.5 cm³/mol. The Balaban J connectivity index is 1.81. The zero-order chi connectivity index (χ0) is 15.9. The van der Waals surface area contributed by atoms with Crippen LogP contribution in [0, 0.1) is 6.92 Å². The molecule has 2 aromatic carbocycles. The van der Waals surface area contributed by atoms with Crippen LogP contribution in [0.15, 0.2) is 53.0 Å². The largest absolute Gasteiger partial charge is 0.459 e. The van der Waals surface area contributed by atoms with Crippen LogP contribution in [0.1, 0.15) is 21.5 Å². The predicted octanol–water partition coefficient (Wildman–Crippen LogP) is 3.23. The van der Waals surface area contributed by atoms with Gasteiger partial charge in [-0.2, -0.15) is 0 Å². The maximum absolute atomic E-state index is 11.9. The van der Waals surface area contributed by atoms with Gasteiger partial charge < -0.3 is 10.1 Å². The van der Waals surface area contributed by atoms with Crippen molar-refractivity contribution >= 4 is 27.8 Å². The Kier molecular flexibility index (Phi) is 5.72. The molecule has 4 nitrogen and oxygen atoms in total. The Morgan fingerprint density at radius 3 is 2.64 bits per heavy atom. The Hall–Kier alpha value is -2.14. The lowest BCUT2D eigenvalue weighted by Crippen LogP contribution is -2.30. The van der Waals surface area contributed by atoms with Gasteiger partial charge in [0, 0.05) is 10.0 Å². The Labute approximate surface area is 137 Å². The van der Waals surface area contributed by atoms with Gasteiger partial charge >= 0.3 is 5.97 Å². The minimum Gasteiger partial charge on any atom is -0.459 e. The number of rotatable bonds is 5. The third kappa shape index (κ3) is 4.70. The van der Waals surface area contributed by atoms with E-state index >= 15 is 0 Å². The number of nitrogens with one attached hydrogen (secondary N) is 1. The van der Waals surface area contributed by atoms with E-state index in [1.54, 1.807) is 18.2 Å². The highest BCUT2D eigenvalue weighted by Crippen LogP contribution is 2.11.